The first-order valence-electron chi connectivity index (χ1n) is 6.78. The Morgan fingerprint density at radius 1 is 1.17 bits per heavy atom. The van der Waals surface area contributed by atoms with Gasteiger partial charge in [-0.2, -0.15) is 13.2 Å². The molecular weight excluding hydrogens is 311 g/mol. The fraction of sp³-hybridized carbons (Fsp3) is 0.250. The molecule has 1 heterocycles. The van der Waals surface area contributed by atoms with E-state index in [1.165, 1.54) is 18.5 Å². The highest BCUT2D eigenvalue weighted by atomic mass is 19.4. The molecule has 2 N–H and O–H groups in total. The second-order valence-electron chi connectivity index (χ2n) is 5.00. The number of aliphatic hydroxyl groups excluding tert-OH is 1. The van der Waals surface area contributed by atoms with Crippen LogP contribution in [0, 0.1) is 0 Å². The van der Waals surface area contributed by atoms with E-state index in [-0.39, 0.29) is 18.4 Å². The summed E-state index contributed by atoms with van der Waals surface area (Å²) in [7, 11) is 0. The van der Waals surface area contributed by atoms with E-state index in [2.05, 4.69) is 4.98 Å². The van der Waals surface area contributed by atoms with Gasteiger partial charge in [-0.25, -0.2) is 0 Å². The van der Waals surface area contributed by atoms with Gasteiger partial charge in [-0.3, -0.25) is 9.78 Å². The van der Waals surface area contributed by atoms with Gasteiger partial charge < -0.3 is 10.2 Å². The van der Waals surface area contributed by atoms with Crippen LogP contribution in [0.1, 0.15) is 23.1 Å². The average Bonchev–Trinajstić information content (AvgIpc) is 2.51. The van der Waals surface area contributed by atoms with Gasteiger partial charge in [0.15, 0.2) is 0 Å². The Balaban J connectivity index is 2.38. The van der Waals surface area contributed by atoms with Gasteiger partial charge >= 0.3 is 12.1 Å². The predicted molar refractivity (Wildman–Crippen MR) is 76.6 cm³/mol. The van der Waals surface area contributed by atoms with Crippen molar-refractivity contribution in [3.05, 3.63) is 53.3 Å². The summed E-state index contributed by atoms with van der Waals surface area (Å²) in [6.07, 6.45) is -1.30. The number of halogens is 3. The van der Waals surface area contributed by atoms with Crippen LogP contribution in [0.3, 0.4) is 0 Å². The van der Waals surface area contributed by atoms with Crippen molar-refractivity contribution in [3.63, 3.8) is 0 Å². The Bertz CT molecular complexity index is 714. The summed E-state index contributed by atoms with van der Waals surface area (Å²) in [6.45, 7) is -0.543. The van der Waals surface area contributed by atoms with Crippen molar-refractivity contribution in [2.75, 3.05) is 0 Å². The highest BCUT2D eigenvalue weighted by molar-refractivity contribution is 5.69. The molecule has 0 unspecified atom stereocenters. The molecule has 0 bridgehead atoms. The minimum absolute atomic E-state index is 0.0645. The van der Waals surface area contributed by atoms with E-state index in [1.807, 2.05) is 0 Å². The third-order valence-corrected chi connectivity index (χ3v) is 3.34. The minimum Gasteiger partial charge on any atom is -0.481 e. The van der Waals surface area contributed by atoms with Crippen LogP contribution in [0.25, 0.3) is 11.1 Å². The molecule has 0 fully saturated rings. The number of alkyl halides is 3. The van der Waals surface area contributed by atoms with Crippen molar-refractivity contribution in [2.24, 2.45) is 0 Å². The number of aliphatic hydroxyl groups is 1. The van der Waals surface area contributed by atoms with E-state index < -0.39 is 24.3 Å². The Kier molecular flexibility index (Phi) is 5.00. The quantitative estimate of drug-likeness (QED) is 0.885. The monoisotopic (exact) mass is 325 g/mol. The van der Waals surface area contributed by atoms with Gasteiger partial charge in [0.05, 0.1) is 12.2 Å². The predicted octanol–water partition coefficient (Wildman–Crippen LogP) is 3.28. The van der Waals surface area contributed by atoms with Crippen molar-refractivity contribution in [1.82, 2.24) is 4.98 Å². The van der Waals surface area contributed by atoms with Crippen LogP contribution in [-0.2, 0) is 24.0 Å². The first kappa shape index (κ1) is 17.0. The fourth-order valence-corrected chi connectivity index (χ4v) is 2.21. The number of aromatic nitrogens is 1. The number of carboxylic acid groups (broad SMARTS) is 1. The van der Waals surface area contributed by atoms with E-state index in [0.29, 0.717) is 16.7 Å². The molecule has 2 rings (SSSR count). The van der Waals surface area contributed by atoms with Crippen LogP contribution in [0.5, 0.6) is 0 Å². The molecule has 0 aliphatic rings. The smallest absolute Gasteiger partial charge is 0.416 e. The second-order valence-corrected chi connectivity index (χ2v) is 5.00. The van der Waals surface area contributed by atoms with Gasteiger partial charge in [-0.15, -0.1) is 0 Å². The average molecular weight is 325 g/mol. The maximum atomic E-state index is 12.7. The van der Waals surface area contributed by atoms with E-state index in [1.54, 1.807) is 6.07 Å². The van der Waals surface area contributed by atoms with Crippen molar-refractivity contribution < 1.29 is 28.2 Å². The molecule has 0 saturated heterocycles. The molecular formula is C16H14F3NO3. The Labute approximate surface area is 130 Å². The zero-order valence-electron chi connectivity index (χ0n) is 12.0. The largest absolute Gasteiger partial charge is 0.481 e. The van der Waals surface area contributed by atoms with Gasteiger partial charge in [0, 0.05) is 24.4 Å². The van der Waals surface area contributed by atoms with E-state index in [0.717, 1.165) is 12.1 Å². The summed E-state index contributed by atoms with van der Waals surface area (Å²) in [4.78, 5) is 14.6. The highest BCUT2D eigenvalue weighted by Crippen LogP contribution is 2.33. The summed E-state index contributed by atoms with van der Waals surface area (Å²) < 4.78 is 38.2. The zero-order valence-corrected chi connectivity index (χ0v) is 12.0. The highest BCUT2D eigenvalue weighted by Gasteiger charge is 2.31. The van der Waals surface area contributed by atoms with Gasteiger partial charge in [-0.1, -0.05) is 6.07 Å². The zero-order chi connectivity index (χ0) is 17.0. The molecule has 0 saturated carbocycles. The molecule has 2 aromatic rings. The lowest BCUT2D eigenvalue weighted by molar-refractivity contribution is -0.138. The van der Waals surface area contributed by atoms with Gasteiger partial charge in [0.25, 0.3) is 0 Å². The first-order chi connectivity index (χ1) is 10.8. The molecule has 7 heteroatoms. The first-order valence-corrected chi connectivity index (χ1v) is 6.78. The number of carboxylic acids is 1. The van der Waals surface area contributed by atoms with Crippen molar-refractivity contribution in [2.45, 2.75) is 25.6 Å². The van der Waals surface area contributed by atoms with Crippen LogP contribution >= 0.6 is 0 Å². The number of rotatable bonds is 5. The molecule has 122 valence electrons. The normalized spacial score (nSPS) is 11.5. The summed E-state index contributed by atoms with van der Waals surface area (Å²) >= 11 is 0. The SMILES string of the molecule is O=C(O)CCc1cncc(-c2ccc(C(F)(F)F)cc2CO)c1. The lowest BCUT2D eigenvalue weighted by Crippen LogP contribution is -2.06. The lowest BCUT2D eigenvalue weighted by atomic mass is 9.97. The molecule has 1 aromatic carbocycles. The third-order valence-electron chi connectivity index (χ3n) is 3.34. The Morgan fingerprint density at radius 3 is 2.52 bits per heavy atom. The fourth-order valence-electron chi connectivity index (χ4n) is 2.21. The van der Waals surface area contributed by atoms with Crippen LogP contribution < -0.4 is 0 Å². The Morgan fingerprint density at radius 2 is 1.91 bits per heavy atom. The molecule has 0 spiro atoms. The van der Waals surface area contributed by atoms with E-state index in [4.69, 9.17) is 5.11 Å². The van der Waals surface area contributed by atoms with Crippen LogP contribution in [0.15, 0.2) is 36.7 Å². The number of aryl methyl sites for hydroxylation is 1. The number of hydrogen-bond donors (Lipinski definition) is 2. The van der Waals surface area contributed by atoms with Crippen LogP contribution in [-0.4, -0.2) is 21.2 Å². The topological polar surface area (TPSA) is 70.4 Å². The molecule has 0 radical (unpaired) electrons. The summed E-state index contributed by atoms with van der Waals surface area (Å²) in [5, 5.41) is 18.0. The molecule has 0 aliphatic heterocycles. The molecule has 1 aromatic heterocycles. The van der Waals surface area contributed by atoms with E-state index >= 15 is 0 Å². The molecule has 0 atom stereocenters. The van der Waals surface area contributed by atoms with Gasteiger partial charge in [0.2, 0.25) is 0 Å². The maximum absolute atomic E-state index is 12.7. The standard InChI is InChI=1S/C16H14F3NO3/c17-16(18,19)13-2-3-14(12(6-13)9-21)11-5-10(7-20-8-11)1-4-15(22)23/h2-3,5-8,21H,1,4,9H2,(H,22,23). The van der Waals surface area contributed by atoms with Crippen molar-refractivity contribution in [1.29, 1.82) is 0 Å². The van der Waals surface area contributed by atoms with Crippen LogP contribution in [0.2, 0.25) is 0 Å². The molecule has 0 aliphatic carbocycles. The maximum Gasteiger partial charge on any atom is 0.416 e. The lowest BCUT2D eigenvalue weighted by Gasteiger charge is -2.13. The number of aliphatic carboxylic acids is 1. The minimum atomic E-state index is -4.48. The van der Waals surface area contributed by atoms with Crippen LogP contribution in [0.4, 0.5) is 13.2 Å². The summed E-state index contributed by atoms with van der Waals surface area (Å²) in [6, 6.07) is 4.79. The molecule has 4 nitrogen and oxygen atoms in total. The van der Waals surface area contributed by atoms with E-state index in [9.17, 15) is 23.1 Å². The molecule has 0 amide bonds. The number of hydrogen-bond acceptors (Lipinski definition) is 3. The van der Waals surface area contributed by atoms with Crippen molar-refractivity contribution in [3.8, 4) is 11.1 Å². The number of nitrogens with zero attached hydrogens (tertiary/aromatic N) is 1. The van der Waals surface area contributed by atoms with Crippen molar-refractivity contribution >= 4 is 5.97 Å². The van der Waals surface area contributed by atoms with Gasteiger partial charge in [0.1, 0.15) is 0 Å². The summed E-state index contributed by atoms with van der Waals surface area (Å²) in [5.41, 5.74) is 0.932. The number of benzene rings is 1. The number of carbonyl (C=O) groups is 1. The third kappa shape index (κ3) is 4.29. The summed E-state index contributed by atoms with van der Waals surface area (Å²) in [5.74, 6) is -0.944. The van der Waals surface area contributed by atoms with Gasteiger partial charge in [-0.05, 0) is 41.3 Å². The second kappa shape index (κ2) is 6.78. The number of pyridine rings is 1. The Hall–Kier alpha value is -2.41. The molecule has 23 heavy (non-hydrogen) atoms.